The summed E-state index contributed by atoms with van der Waals surface area (Å²) in [5.74, 6) is 1.00. The van der Waals surface area contributed by atoms with Gasteiger partial charge in [-0.2, -0.15) is 9.06 Å². The van der Waals surface area contributed by atoms with Gasteiger partial charge in [-0.25, -0.2) is 4.98 Å². The summed E-state index contributed by atoms with van der Waals surface area (Å²) in [6.45, 7) is 3.78. The third-order valence-corrected chi connectivity index (χ3v) is 5.36. The lowest BCUT2D eigenvalue weighted by Crippen LogP contribution is -2.19. The summed E-state index contributed by atoms with van der Waals surface area (Å²) in [6, 6.07) is 5.22. The van der Waals surface area contributed by atoms with E-state index in [-0.39, 0.29) is 18.2 Å². The number of carbonyl (C=O) groups excluding carboxylic acids is 1. The Morgan fingerprint density at radius 3 is 2.90 bits per heavy atom. The van der Waals surface area contributed by atoms with Crippen LogP contribution in [0.25, 0.3) is 0 Å². The van der Waals surface area contributed by atoms with Gasteiger partial charge in [-0.1, -0.05) is 48.7 Å². The second kappa shape index (κ2) is 10.2. The molecule has 2 aromatic heterocycles. The van der Waals surface area contributed by atoms with E-state index in [1.54, 1.807) is 25.1 Å². The summed E-state index contributed by atoms with van der Waals surface area (Å²) in [6.07, 6.45) is 3.65. The molecule has 0 fully saturated rings. The number of benzene rings is 1. The summed E-state index contributed by atoms with van der Waals surface area (Å²) >= 11 is 7.53. The largest absolute Gasteiger partial charge is 0.409 e. The fourth-order valence-electron chi connectivity index (χ4n) is 2.84. The molecule has 0 atom stereocenters. The van der Waals surface area contributed by atoms with Crippen molar-refractivity contribution in [2.75, 3.05) is 5.32 Å². The zero-order chi connectivity index (χ0) is 21.5. The number of unbranched alkanes of at least 4 members (excludes halogenated alkanes) is 2. The molecule has 0 unspecified atom stereocenters. The van der Waals surface area contributed by atoms with Crippen LogP contribution in [0, 0.1) is 6.92 Å². The number of halogens is 1. The Morgan fingerprint density at radius 2 is 2.20 bits per heavy atom. The molecule has 0 saturated carbocycles. The van der Waals surface area contributed by atoms with Crippen LogP contribution >= 0.6 is 23.1 Å². The number of tetrazole rings is 1. The molecule has 10 nitrogen and oxygen atoms in total. The molecule has 1 amide bonds. The van der Waals surface area contributed by atoms with E-state index in [2.05, 4.69) is 42.3 Å². The molecule has 2 N–H and O–H groups in total. The summed E-state index contributed by atoms with van der Waals surface area (Å²) in [4.78, 5) is 16.4. The molecule has 0 bridgehead atoms. The Hall–Kier alpha value is -2.92. The van der Waals surface area contributed by atoms with Crippen LogP contribution in [0.3, 0.4) is 0 Å². The summed E-state index contributed by atoms with van der Waals surface area (Å²) in [5.41, 5.74) is 1.20. The lowest BCUT2D eigenvalue weighted by Gasteiger charge is -2.11. The number of aryl methyl sites for hydroxylation is 1. The zero-order valence-electron chi connectivity index (χ0n) is 16.5. The number of carbonyl (C=O) groups is 1. The smallest absolute Gasteiger partial charge is 0.226 e. The first kappa shape index (κ1) is 21.8. The third kappa shape index (κ3) is 5.16. The molecule has 30 heavy (non-hydrogen) atoms. The highest BCUT2D eigenvalue weighted by atomic mass is 35.5. The van der Waals surface area contributed by atoms with Crippen molar-refractivity contribution in [2.24, 2.45) is 5.16 Å². The second-order valence-electron chi connectivity index (χ2n) is 6.53. The Labute approximate surface area is 182 Å². The number of oxime groups is 1. The molecule has 0 aliphatic carbocycles. The van der Waals surface area contributed by atoms with E-state index < -0.39 is 0 Å². The summed E-state index contributed by atoms with van der Waals surface area (Å²) in [5, 5.41) is 27.9. The number of anilines is 1. The van der Waals surface area contributed by atoms with Gasteiger partial charge in [0.15, 0.2) is 5.82 Å². The minimum Gasteiger partial charge on any atom is -0.409 e. The van der Waals surface area contributed by atoms with Crippen molar-refractivity contribution in [1.82, 2.24) is 29.6 Å². The molecule has 0 spiro atoms. The van der Waals surface area contributed by atoms with E-state index in [0.717, 1.165) is 30.8 Å². The van der Waals surface area contributed by atoms with E-state index in [1.165, 1.54) is 4.68 Å². The van der Waals surface area contributed by atoms with Crippen LogP contribution in [0.1, 0.15) is 55.4 Å². The van der Waals surface area contributed by atoms with Gasteiger partial charge in [-0.05, 0) is 35.4 Å². The quantitative estimate of drug-likeness (QED) is 0.178. The standard InChI is InChI=1S/C18H21ClN8O2S/c1-3-4-5-9-16(28)21-18-20-15(24-30-18)10-13-12(7-6-8-14(13)19)17(23-29)27-11(2)22-25-26-27/h6-8,29H,3-5,9-10H2,1-2H3,(H,20,21,24,28). The number of nitrogens with one attached hydrogen (secondary N) is 1. The predicted molar refractivity (Wildman–Crippen MR) is 113 cm³/mol. The molecule has 0 aliphatic rings. The Bertz CT molecular complexity index is 1050. The van der Waals surface area contributed by atoms with Crippen LogP contribution in [0.5, 0.6) is 0 Å². The van der Waals surface area contributed by atoms with Crippen molar-refractivity contribution < 1.29 is 10.0 Å². The Balaban J connectivity index is 1.80. The van der Waals surface area contributed by atoms with Crippen LogP contribution in [-0.4, -0.2) is 46.5 Å². The highest BCUT2D eigenvalue weighted by Gasteiger charge is 2.20. The predicted octanol–water partition coefficient (Wildman–Crippen LogP) is 3.28. The van der Waals surface area contributed by atoms with Gasteiger partial charge in [0.1, 0.15) is 5.82 Å². The average Bonchev–Trinajstić information content (AvgIpc) is 3.34. The number of nitrogens with zero attached hydrogens (tertiary/aromatic N) is 7. The van der Waals surface area contributed by atoms with Crippen LogP contribution in [-0.2, 0) is 11.2 Å². The van der Waals surface area contributed by atoms with Crippen molar-refractivity contribution in [3.8, 4) is 0 Å². The Morgan fingerprint density at radius 1 is 1.37 bits per heavy atom. The van der Waals surface area contributed by atoms with Gasteiger partial charge in [-0.3, -0.25) is 4.79 Å². The van der Waals surface area contributed by atoms with Crippen molar-refractivity contribution in [2.45, 2.75) is 46.0 Å². The number of rotatable bonds is 8. The molecule has 12 heteroatoms. The van der Waals surface area contributed by atoms with Crippen molar-refractivity contribution in [3.05, 3.63) is 46.0 Å². The Kier molecular flexibility index (Phi) is 7.41. The number of amides is 1. The minimum atomic E-state index is -0.0755. The van der Waals surface area contributed by atoms with E-state index in [0.29, 0.717) is 39.4 Å². The first-order valence-corrected chi connectivity index (χ1v) is 10.6. The second-order valence-corrected chi connectivity index (χ2v) is 7.68. The average molecular weight is 449 g/mol. The zero-order valence-corrected chi connectivity index (χ0v) is 18.1. The van der Waals surface area contributed by atoms with Crippen LogP contribution in [0.4, 0.5) is 5.13 Å². The SMILES string of the molecule is CCCCCC(=O)Nc1nc(Cc2c(Cl)cccc2C(=NO)n2nnnc2C)ns1. The first-order valence-electron chi connectivity index (χ1n) is 9.41. The van der Waals surface area contributed by atoms with Gasteiger partial charge in [0.05, 0.1) is 0 Å². The minimum absolute atomic E-state index is 0.0755. The molecular formula is C18H21ClN8O2S. The highest BCUT2D eigenvalue weighted by molar-refractivity contribution is 7.09. The van der Waals surface area contributed by atoms with Crippen LogP contribution in [0.15, 0.2) is 23.4 Å². The van der Waals surface area contributed by atoms with Crippen LogP contribution < -0.4 is 5.32 Å². The molecule has 2 heterocycles. The lowest BCUT2D eigenvalue weighted by molar-refractivity contribution is -0.116. The van der Waals surface area contributed by atoms with Gasteiger partial charge in [0.2, 0.25) is 16.9 Å². The number of hydrogen-bond acceptors (Lipinski definition) is 9. The van der Waals surface area contributed by atoms with Gasteiger partial charge >= 0.3 is 0 Å². The van der Waals surface area contributed by atoms with Gasteiger partial charge in [-0.15, -0.1) is 5.10 Å². The molecule has 1 aromatic carbocycles. The van der Waals surface area contributed by atoms with Crippen molar-refractivity contribution >= 4 is 40.0 Å². The molecule has 0 radical (unpaired) electrons. The first-order chi connectivity index (χ1) is 14.5. The molecule has 3 aromatic rings. The lowest BCUT2D eigenvalue weighted by atomic mass is 10.0. The topological polar surface area (TPSA) is 131 Å². The third-order valence-electron chi connectivity index (χ3n) is 4.34. The van der Waals surface area contributed by atoms with Crippen molar-refractivity contribution in [3.63, 3.8) is 0 Å². The van der Waals surface area contributed by atoms with Gasteiger partial charge < -0.3 is 10.5 Å². The van der Waals surface area contributed by atoms with E-state index in [4.69, 9.17) is 11.6 Å². The summed E-state index contributed by atoms with van der Waals surface area (Å²) < 4.78 is 5.63. The van der Waals surface area contributed by atoms with Crippen molar-refractivity contribution in [1.29, 1.82) is 0 Å². The van der Waals surface area contributed by atoms with E-state index in [9.17, 15) is 10.0 Å². The fraction of sp³-hybridized carbons (Fsp3) is 0.389. The molecular weight excluding hydrogens is 428 g/mol. The number of aromatic nitrogens is 6. The maximum Gasteiger partial charge on any atom is 0.226 e. The van der Waals surface area contributed by atoms with Gasteiger partial charge in [0.25, 0.3) is 0 Å². The maximum atomic E-state index is 12.0. The van der Waals surface area contributed by atoms with Gasteiger partial charge in [0, 0.05) is 35.0 Å². The molecule has 0 aliphatic heterocycles. The highest BCUT2D eigenvalue weighted by Crippen LogP contribution is 2.25. The maximum absolute atomic E-state index is 12.0. The van der Waals surface area contributed by atoms with Crippen LogP contribution in [0.2, 0.25) is 5.02 Å². The molecule has 158 valence electrons. The summed E-state index contributed by atoms with van der Waals surface area (Å²) in [7, 11) is 0. The fourth-order valence-corrected chi connectivity index (χ4v) is 3.68. The molecule has 3 rings (SSSR count). The number of hydrogen-bond donors (Lipinski definition) is 2. The normalized spacial score (nSPS) is 11.6. The van der Waals surface area contributed by atoms with E-state index >= 15 is 0 Å². The van der Waals surface area contributed by atoms with E-state index in [1.807, 2.05) is 0 Å². The molecule has 0 saturated heterocycles. The monoisotopic (exact) mass is 448 g/mol.